The maximum Gasteiger partial charge on any atom is 0.164 e. The molecule has 4 nitrogen and oxygen atoms in total. The van der Waals surface area contributed by atoms with E-state index in [9.17, 15) is 0 Å². The van der Waals surface area contributed by atoms with Crippen molar-refractivity contribution in [3.63, 3.8) is 0 Å². The molecule has 0 radical (unpaired) electrons. The summed E-state index contributed by atoms with van der Waals surface area (Å²) < 4.78 is 0. The minimum absolute atomic E-state index is 0.620. The van der Waals surface area contributed by atoms with Crippen molar-refractivity contribution in [2.45, 2.75) is 0 Å². The van der Waals surface area contributed by atoms with E-state index in [2.05, 4.69) is 96.0 Å². The fourth-order valence-electron chi connectivity index (χ4n) is 5.90. The van der Waals surface area contributed by atoms with Crippen molar-refractivity contribution >= 4 is 0 Å². The van der Waals surface area contributed by atoms with Gasteiger partial charge in [0, 0.05) is 28.5 Å². The fraction of sp³-hybridized carbons (Fsp3) is 0. The van der Waals surface area contributed by atoms with Crippen LogP contribution in [0.5, 0.6) is 0 Å². The van der Waals surface area contributed by atoms with Gasteiger partial charge in [-0.15, -0.1) is 0 Å². The number of pyridine rings is 1. The lowest BCUT2D eigenvalue weighted by molar-refractivity contribution is 1.07. The zero-order valence-electron chi connectivity index (χ0n) is 26.1. The third kappa shape index (κ3) is 6.15. The van der Waals surface area contributed by atoms with Gasteiger partial charge < -0.3 is 0 Å². The Morgan fingerprint density at radius 3 is 1.21 bits per heavy atom. The molecule has 0 spiro atoms. The molecular formula is C44H30N4. The van der Waals surface area contributed by atoms with Crippen LogP contribution in [0.25, 0.3) is 78.8 Å². The second kappa shape index (κ2) is 13.1. The molecule has 0 amide bonds. The van der Waals surface area contributed by atoms with Crippen LogP contribution in [0, 0.1) is 0 Å². The van der Waals surface area contributed by atoms with Gasteiger partial charge in [0.25, 0.3) is 0 Å². The molecule has 226 valence electrons. The predicted molar refractivity (Wildman–Crippen MR) is 196 cm³/mol. The van der Waals surface area contributed by atoms with Crippen molar-refractivity contribution in [3.8, 4) is 78.8 Å². The zero-order chi connectivity index (χ0) is 32.1. The zero-order valence-corrected chi connectivity index (χ0v) is 26.1. The van der Waals surface area contributed by atoms with E-state index in [1.165, 1.54) is 5.56 Å². The Bertz CT molecular complexity index is 2250. The first-order valence-corrected chi connectivity index (χ1v) is 16.0. The first kappa shape index (κ1) is 28.9. The molecule has 2 heterocycles. The van der Waals surface area contributed by atoms with Crippen LogP contribution in [0.15, 0.2) is 182 Å². The van der Waals surface area contributed by atoms with Gasteiger partial charge in [-0.1, -0.05) is 140 Å². The molecule has 8 aromatic rings. The molecule has 0 aliphatic carbocycles. The largest absolute Gasteiger partial charge is 0.256 e. The average molecular weight is 615 g/mol. The second-order valence-corrected chi connectivity index (χ2v) is 11.6. The SMILES string of the molecule is c1ccc(-c2cccc(-c3cc(-c4ccc(-c5ccccn5)cc4)cc(-c4nc(-c5ccccc5)nc(-c5ccccc5)n4)c3)c2)cc1. The highest BCUT2D eigenvalue weighted by atomic mass is 15.0. The summed E-state index contributed by atoms with van der Waals surface area (Å²) in [5.41, 5.74) is 11.5. The molecule has 0 fully saturated rings. The lowest BCUT2D eigenvalue weighted by Gasteiger charge is -2.13. The average Bonchev–Trinajstić information content (AvgIpc) is 3.19. The molecule has 2 aromatic heterocycles. The van der Waals surface area contributed by atoms with Crippen LogP contribution in [-0.2, 0) is 0 Å². The molecule has 0 atom stereocenters. The van der Waals surface area contributed by atoms with Crippen molar-refractivity contribution in [1.29, 1.82) is 0 Å². The number of benzene rings is 6. The van der Waals surface area contributed by atoms with Crippen LogP contribution in [0.2, 0.25) is 0 Å². The Balaban J connectivity index is 1.30. The van der Waals surface area contributed by atoms with Gasteiger partial charge in [-0.2, -0.15) is 0 Å². The summed E-state index contributed by atoms with van der Waals surface area (Å²) in [7, 11) is 0. The predicted octanol–water partition coefficient (Wildman–Crippen LogP) is 10.9. The highest BCUT2D eigenvalue weighted by Gasteiger charge is 2.15. The van der Waals surface area contributed by atoms with Gasteiger partial charge in [-0.3, -0.25) is 4.98 Å². The van der Waals surface area contributed by atoms with Crippen LogP contribution < -0.4 is 0 Å². The standard InChI is InChI=1S/C44H30N4/c1-4-13-31(14-5-1)36-19-12-20-37(27-36)39-28-38(32-22-24-33(25-23-32)41-21-10-11-26-45-41)29-40(30-39)44-47-42(34-15-6-2-7-16-34)46-43(48-44)35-17-8-3-9-18-35/h1-30H. The van der Waals surface area contributed by atoms with Crippen LogP contribution in [0.3, 0.4) is 0 Å². The quantitative estimate of drug-likeness (QED) is 0.179. The highest BCUT2D eigenvalue weighted by Crippen LogP contribution is 2.35. The number of hydrogen-bond donors (Lipinski definition) is 0. The Morgan fingerprint density at radius 1 is 0.250 bits per heavy atom. The monoisotopic (exact) mass is 614 g/mol. The normalized spacial score (nSPS) is 10.9. The fourth-order valence-corrected chi connectivity index (χ4v) is 5.90. The van der Waals surface area contributed by atoms with Crippen molar-refractivity contribution < 1.29 is 0 Å². The summed E-state index contributed by atoms with van der Waals surface area (Å²) in [6.07, 6.45) is 1.82. The number of aromatic nitrogens is 4. The Labute approximate surface area is 280 Å². The van der Waals surface area contributed by atoms with Gasteiger partial charge in [-0.25, -0.2) is 15.0 Å². The molecule has 0 bridgehead atoms. The van der Waals surface area contributed by atoms with Gasteiger partial charge in [0.2, 0.25) is 0 Å². The molecule has 0 unspecified atom stereocenters. The Hall–Kier alpha value is -6.52. The van der Waals surface area contributed by atoms with E-state index in [1.807, 2.05) is 91.1 Å². The first-order chi connectivity index (χ1) is 23.8. The van der Waals surface area contributed by atoms with E-state index in [1.54, 1.807) is 0 Å². The first-order valence-electron chi connectivity index (χ1n) is 16.0. The van der Waals surface area contributed by atoms with Crippen molar-refractivity contribution in [3.05, 3.63) is 182 Å². The summed E-state index contributed by atoms with van der Waals surface area (Å²) >= 11 is 0. The summed E-state index contributed by atoms with van der Waals surface area (Å²) in [5, 5.41) is 0. The Kier molecular flexibility index (Phi) is 7.87. The minimum atomic E-state index is 0.620. The van der Waals surface area contributed by atoms with Gasteiger partial charge >= 0.3 is 0 Å². The molecule has 0 aliphatic rings. The van der Waals surface area contributed by atoms with Gasteiger partial charge in [0.15, 0.2) is 17.5 Å². The minimum Gasteiger partial charge on any atom is -0.256 e. The molecule has 0 saturated heterocycles. The van der Waals surface area contributed by atoms with E-state index < -0.39 is 0 Å². The van der Waals surface area contributed by atoms with Crippen molar-refractivity contribution in [2.24, 2.45) is 0 Å². The molecule has 4 heteroatoms. The van der Waals surface area contributed by atoms with E-state index >= 15 is 0 Å². The van der Waals surface area contributed by atoms with E-state index in [0.29, 0.717) is 17.5 Å². The number of hydrogen-bond acceptors (Lipinski definition) is 4. The maximum atomic E-state index is 5.06. The Morgan fingerprint density at radius 2 is 0.646 bits per heavy atom. The number of nitrogens with zero attached hydrogens (tertiary/aromatic N) is 4. The summed E-state index contributed by atoms with van der Waals surface area (Å²) in [6, 6.07) is 60.5. The van der Waals surface area contributed by atoms with Gasteiger partial charge in [-0.05, 0) is 69.8 Å². The molecule has 0 N–H and O–H groups in total. The highest BCUT2D eigenvalue weighted by molar-refractivity contribution is 5.82. The van der Waals surface area contributed by atoms with Crippen LogP contribution in [0.4, 0.5) is 0 Å². The maximum absolute atomic E-state index is 5.06. The lowest BCUT2D eigenvalue weighted by atomic mass is 9.93. The molecule has 8 rings (SSSR count). The van der Waals surface area contributed by atoms with E-state index in [0.717, 1.165) is 55.8 Å². The van der Waals surface area contributed by atoms with E-state index in [-0.39, 0.29) is 0 Å². The smallest absolute Gasteiger partial charge is 0.164 e. The van der Waals surface area contributed by atoms with Crippen LogP contribution in [0.1, 0.15) is 0 Å². The molecular weight excluding hydrogens is 585 g/mol. The summed E-state index contributed by atoms with van der Waals surface area (Å²) in [5.74, 6) is 1.89. The number of rotatable bonds is 7. The van der Waals surface area contributed by atoms with E-state index in [4.69, 9.17) is 15.0 Å². The van der Waals surface area contributed by atoms with Gasteiger partial charge in [0.1, 0.15) is 0 Å². The van der Waals surface area contributed by atoms with Crippen LogP contribution in [-0.4, -0.2) is 19.9 Å². The summed E-state index contributed by atoms with van der Waals surface area (Å²) in [6.45, 7) is 0. The lowest BCUT2D eigenvalue weighted by Crippen LogP contribution is -2.00. The molecule has 6 aromatic carbocycles. The van der Waals surface area contributed by atoms with Crippen LogP contribution >= 0.6 is 0 Å². The van der Waals surface area contributed by atoms with Crippen molar-refractivity contribution in [2.75, 3.05) is 0 Å². The topological polar surface area (TPSA) is 51.6 Å². The van der Waals surface area contributed by atoms with Crippen molar-refractivity contribution in [1.82, 2.24) is 19.9 Å². The molecule has 0 saturated carbocycles. The second-order valence-electron chi connectivity index (χ2n) is 11.6. The summed E-state index contributed by atoms with van der Waals surface area (Å²) in [4.78, 5) is 19.6. The van der Waals surface area contributed by atoms with Gasteiger partial charge in [0.05, 0.1) is 5.69 Å². The third-order valence-electron chi connectivity index (χ3n) is 8.37. The molecule has 48 heavy (non-hydrogen) atoms. The molecule has 0 aliphatic heterocycles. The third-order valence-corrected chi connectivity index (χ3v) is 8.37.